The fourth-order valence-electron chi connectivity index (χ4n) is 2.92. The van der Waals surface area contributed by atoms with Crippen molar-refractivity contribution in [2.45, 2.75) is 33.6 Å². The third-order valence-electron chi connectivity index (χ3n) is 4.79. The number of ether oxygens (including phenoxy) is 1. The molecular weight excluding hydrogens is 354 g/mol. The Morgan fingerprint density at radius 1 is 1.07 bits per heavy atom. The summed E-state index contributed by atoms with van der Waals surface area (Å²) >= 11 is 1.31. The van der Waals surface area contributed by atoms with Crippen LogP contribution < -0.4 is 4.74 Å². The minimum atomic E-state index is 0.599. The second-order valence-corrected chi connectivity index (χ2v) is 7.65. The van der Waals surface area contributed by atoms with Gasteiger partial charge in [0.05, 0.1) is 0 Å². The maximum absolute atomic E-state index is 6.04. The number of nitrogens with zero attached hydrogens (tertiary/aromatic N) is 3. The predicted octanol–water partition coefficient (Wildman–Crippen LogP) is 5.03. The molecule has 0 aliphatic carbocycles. The second kappa shape index (κ2) is 9.11. The highest BCUT2D eigenvalue weighted by Gasteiger charge is 2.11. The van der Waals surface area contributed by atoms with E-state index >= 15 is 0 Å². The number of rotatable bonds is 8. The van der Waals surface area contributed by atoms with Crippen molar-refractivity contribution in [2.24, 2.45) is 0 Å². The van der Waals surface area contributed by atoms with Gasteiger partial charge in [-0.2, -0.15) is 9.36 Å². The van der Waals surface area contributed by atoms with Gasteiger partial charge in [-0.1, -0.05) is 43.3 Å². The molecule has 0 N–H and O–H groups in total. The highest BCUT2D eigenvalue weighted by atomic mass is 32.1. The summed E-state index contributed by atoms with van der Waals surface area (Å²) in [6, 6.07) is 14.6. The number of aromatic nitrogens is 2. The fourth-order valence-corrected chi connectivity index (χ4v) is 3.48. The van der Waals surface area contributed by atoms with Gasteiger partial charge in [0.15, 0.2) is 5.82 Å². The number of benzene rings is 2. The van der Waals surface area contributed by atoms with E-state index in [0.29, 0.717) is 5.19 Å². The summed E-state index contributed by atoms with van der Waals surface area (Å²) in [4.78, 5) is 6.87. The van der Waals surface area contributed by atoms with E-state index in [9.17, 15) is 0 Å². The van der Waals surface area contributed by atoms with Crippen LogP contribution in [-0.4, -0.2) is 34.4 Å². The summed E-state index contributed by atoms with van der Waals surface area (Å²) < 4.78 is 10.5. The molecule has 3 aromatic rings. The number of hydrogen-bond donors (Lipinski definition) is 0. The monoisotopic (exact) mass is 381 g/mol. The van der Waals surface area contributed by atoms with E-state index in [-0.39, 0.29) is 0 Å². The lowest BCUT2D eigenvalue weighted by Crippen LogP contribution is -2.20. The van der Waals surface area contributed by atoms with Crippen LogP contribution in [0, 0.1) is 13.8 Å². The molecule has 2 aromatic carbocycles. The van der Waals surface area contributed by atoms with Crippen LogP contribution >= 0.6 is 11.5 Å². The Morgan fingerprint density at radius 2 is 1.85 bits per heavy atom. The number of aryl methyl sites for hydroxylation is 2. The van der Waals surface area contributed by atoms with Gasteiger partial charge in [-0.3, -0.25) is 0 Å². The lowest BCUT2D eigenvalue weighted by molar-refractivity contribution is 0.357. The Labute approximate surface area is 166 Å². The van der Waals surface area contributed by atoms with Crippen LogP contribution in [-0.2, 0) is 12.8 Å². The Balaban J connectivity index is 1.68. The molecule has 3 rings (SSSR count). The number of likely N-dealkylation sites (N-methyl/N-ethyl adjacent to an activating group) is 1. The van der Waals surface area contributed by atoms with Gasteiger partial charge in [0, 0.05) is 24.5 Å². The molecule has 0 saturated carbocycles. The Bertz CT molecular complexity index is 877. The second-order valence-electron chi connectivity index (χ2n) is 6.93. The lowest BCUT2D eigenvalue weighted by Gasteiger charge is -2.16. The van der Waals surface area contributed by atoms with Crippen molar-refractivity contribution in [3.8, 4) is 10.9 Å². The topological polar surface area (TPSA) is 38.2 Å². The van der Waals surface area contributed by atoms with E-state index in [1.165, 1.54) is 28.2 Å². The van der Waals surface area contributed by atoms with Gasteiger partial charge >= 0.3 is 0 Å². The van der Waals surface area contributed by atoms with E-state index in [4.69, 9.17) is 4.74 Å². The van der Waals surface area contributed by atoms with Crippen LogP contribution in [0.3, 0.4) is 0 Å². The van der Waals surface area contributed by atoms with Gasteiger partial charge in [-0.05, 0) is 62.2 Å². The van der Waals surface area contributed by atoms with Gasteiger partial charge in [-0.15, -0.1) is 0 Å². The summed E-state index contributed by atoms with van der Waals surface area (Å²) in [7, 11) is 2.15. The summed E-state index contributed by atoms with van der Waals surface area (Å²) in [5, 5.41) is 0.599. The van der Waals surface area contributed by atoms with Crippen LogP contribution in [0.1, 0.15) is 35.0 Å². The van der Waals surface area contributed by atoms with E-state index in [1.807, 2.05) is 18.2 Å². The maximum Gasteiger partial charge on any atom is 0.298 e. The standard InChI is InChI=1S/C22H27N3OS/c1-5-25(4)12-11-19-13-17(3)20(14-16(19)2)26-22-23-21(24-27-22)15-18-9-7-6-8-10-18/h6-10,13-14H,5,11-12,15H2,1-4H3. The quantitative estimate of drug-likeness (QED) is 0.548. The van der Waals surface area contributed by atoms with Crippen LogP contribution in [0.2, 0.25) is 0 Å². The highest BCUT2D eigenvalue weighted by molar-refractivity contribution is 7.07. The average Bonchev–Trinajstić information content (AvgIpc) is 3.10. The highest BCUT2D eigenvalue weighted by Crippen LogP contribution is 2.29. The van der Waals surface area contributed by atoms with Gasteiger partial charge in [0.25, 0.3) is 5.19 Å². The molecule has 0 saturated heterocycles. The SMILES string of the molecule is CCN(C)CCc1cc(C)c(Oc2nc(Cc3ccccc3)ns2)cc1C. The van der Waals surface area contributed by atoms with E-state index in [0.717, 1.165) is 43.1 Å². The van der Waals surface area contributed by atoms with Crippen molar-refractivity contribution >= 4 is 11.5 Å². The molecule has 0 amide bonds. The van der Waals surface area contributed by atoms with E-state index in [2.05, 4.69) is 66.3 Å². The van der Waals surface area contributed by atoms with E-state index in [1.54, 1.807) is 0 Å². The summed E-state index contributed by atoms with van der Waals surface area (Å²) in [5.74, 6) is 1.66. The normalized spacial score (nSPS) is 11.1. The Hall–Kier alpha value is -2.24. The molecule has 5 heteroatoms. The zero-order valence-corrected chi connectivity index (χ0v) is 17.3. The third-order valence-corrected chi connectivity index (χ3v) is 5.42. The largest absolute Gasteiger partial charge is 0.430 e. The van der Waals surface area contributed by atoms with Crippen molar-refractivity contribution in [2.75, 3.05) is 20.1 Å². The number of hydrogen-bond acceptors (Lipinski definition) is 5. The first-order valence-corrected chi connectivity index (χ1v) is 10.2. The summed E-state index contributed by atoms with van der Waals surface area (Å²) in [6.45, 7) is 8.56. The van der Waals surface area contributed by atoms with Gasteiger partial charge in [-0.25, -0.2) is 0 Å². The van der Waals surface area contributed by atoms with Crippen molar-refractivity contribution in [1.29, 1.82) is 0 Å². The molecule has 0 fully saturated rings. The molecular formula is C22H27N3OS. The zero-order chi connectivity index (χ0) is 19.2. The first-order valence-electron chi connectivity index (χ1n) is 9.38. The zero-order valence-electron chi connectivity index (χ0n) is 16.5. The summed E-state index contributed by atoms with van der Waals surface area (Å²) in [6.07, 6.45) is 1.78. The first-order chi connectivity index (χ1) is 13.0. The van der Waals surface area contributed by atoms with Crippen LogP contribution in [0.25, 0.3) is 0 Å². The predicted molar refractivity (Wildman–Crippen MR) is 112 cm³/mol. The summed E-state index contributed by atoms with van der Waals surface area (Å²) in [5.41, 5.74) is 4.97. The minimum absolute atomic E-state index is 0.599. The molecule has 27 heavy (non-hydrogen) atoms. The molecule has 1 aromatic heterocycles. The van der Waals surface area contributed by atoms with Gasteiger partial charge < -0.3 is 9.64 Å². The molecule has 0 unspecified atom stereocenters. The minimum Gasteiger partial charge on any atom is -0.430 e. The first kappa shape index (κ1) is 19.5. The maximum atomic E-state index is 6.04. The van der Waals surface area contributed by atoms with Gasteiger partial charge in [0.1, 0.15) is 5.75 Å². The van der Waals surface area contributed by atoms with Crippen molar-refractivity contribution in [3.63, 3.8) is 0 Å². The molecule has 0 spiro atoms. The van der Waals surface area contributed by atoms with Gasteiger partial charge in [0.2, 0.25) is 0 Å². The molecule has 0 bridgehead atoms. The van der Waals surface area contributed by atoms with Crippen molar-refractivity contribution in [1.82, 2.24) is 14.3 Å². The molecule has 4 nitrogen and oxygen atoms in total. The molecule has 0 atom stereocenters. The van der Waals surface area contributed by atoms with E-state index < -0.39 is 0 Å². The molecule has 0 aliphatic rings. The Morgan fingerprint density at radius 3 is 2.59 bits per heavy atom. The fraction of sp³-hybridized carbons (Fsp3) is 0.364. The molecule has 142 valence electrons. The smallest absolute Gasteiger partial charge is 0.298 e. The van der Waals surface area contributed by atoms with Crippen LogP contribution in [0.4, 0.5) is 0 Å². The Kier molecular flexibility index (Phi) is 6.58. The average molecular weight is 382 g/mol. The molecule has 0 radical (unpaired) electrons. The lowest BCUT2D eigenvalue weighted by atomic mass is 10.0. The van der Waals surface area contributed by atoms with Crippen molar-refractivity contribution < 1.29 is 4.74 Å². The molecule has 0 aliphatic heterocycles. The molecule has 1 heterocycles. The van der Waals surface area contributed by atoms with Crippen LogP contribution in [0.5, 0.6) is 10.9 Å². The van der Waals surface area contributed by atoms with Crippen molar-refractivity contribution in [3.05, 3.63) is 70.5 Å². The third kappa shape index (κ3) is 5.37. The van der Waals surface area contributed by atoms with Crippen LogP contribution in [0.15, 0.2) is 42.5 Å².